The summed E-state index contributed by atoms with van der Waals surface area (Å²) in [6.07, 6.45) is 0.0222. The lowest BCUT2D eigenvalue weighted by Crippen LogP contribution is -2.27. The van der Waals surface area contributed by atoms with Crippen molar-refractivity contribution < 1.29 is 18.3 Å². The summed E-state index contributed by atoms with van der Waals surface area (Å²) in [6.45, 7) is 0. The van der Waals surface area contributed by atoms with Gasteiger partial charge in [-0.2, -0.15) is 0 Å². The van der Waals surface area contributed by atoms with E-state index >= 15 is 0 Å². The summed E-state index contributed by atoms with van der Waals surface area (Å²) in [6, 6.07) is 8.16. The van der Waals surface area contributed by atoms with Crippen LogP contribution in [0.5, 0.6) is 0 Å². The van der Waals surface area contributed by atoms with Crippen LogP contribution in [0.3, 0.4) is 0 Å². The smallest absolute Gasteiger partial charge is 0.194 e. The molecule has 2 unspecified atom stereocenters. The highest BCUT2D eigenvalue weighted by molar-refractivity contribution is 5.47. The fourth-order valence-corrected chi connectivity index (χ4v) is 2.84. The first kappa shape index (κ1) is 13.1. The summed E-state index contributed by atoms with van der Waals surface area (Å²) in [5, 5.41) is 10.8. The summed E-state index contributed by atoms with van der Waals surface area (Å²) < 4.78 is 40.4. The van der Waals surface area contributed by atoms with Crippen LogP contribution in [0.4, 0.5) is 13.2 Å². The second kappa shape index (κ2) is 4.33. The first-order valence-corrected chi connectivity index (χ1v) is 6.16. The number of nitrogens with two attached hydrogens (primary N) is 1. The Kier molecular flexibility index (Phi) is 2.84. The maximum Gasteiger partial charge on any atom is 0.194 e. The second-order valence-corrected chi connectivity index (χ2v) is 4.98. The molecule has 0 radical (unpaired) electrons. The van der Waals surface area contributed by atoms with Gasteiger partial charge < -0.3 is 10.8 Å². The fraction of sp³-hybridized carbons (Fsp3) is 0.200. The van der Waals surface area contributed by atoms with Gasteiger partial charge in [0.25, 0.3) is 0 Å². The van der Waals surface area contributed by atoms with Crippen LogP contribution in [0.2, 0.25) is 0 Å². The molecule has 0 saturated heterocycles. The zero-order valence-corrected chi connectivity index (χ0v) is 10.4. The summed E-state index contributed by atoms with van der Waals surface area (Å²) in [4.78, 5) is 0. The highest BCUT2D eigenvalue weighted by atomic mass is 19.2. The number of rotatable bonds is 1. The van der Waals surface area contributed by atoms with Crippen molar-refractivity contribution in [2.45, 2.75) is 18.1 Å². The van der Waals surface area contributed by atoms with Crippen molar-refractivity contribution in [1.82, 2.24) is 0 Å². The number of fused-ring (bicyclic) bond motifs is 1. The van der Waals surface area contributed by atoms with Gasteiger partial charge in [0.1, 0.15) is 5.60 Å². The first-order valence-electron chi connectivity index (χ1n) is 6.16. The number of hydrogen-bond donors (Lipinski definition) is 2. The Hall–Kier alpha value is -1.85. The van der Waals surface area contributed by atoms with E-state index in [4.69, 9.17) is 5.73 Å². The predicted molar refractivity (Wildman–Crippen MR) is 67.3 cm³/mol. The molecular formula is C15H12F3NO. The molecule has 1 aliphatic rings. The quantitative estimate of drug-likeness (QED) is 0.788. The minimum absolute atomic E-state index is 0.0222. The molecule has 0 amide bonds. The van der Waals surface area contributed by atoms with Gasteiger partial charge in [0, 0.05) is 18.0 Å². The van der Waals surface area contributed by atoms with E-state index in [9.17, 15) is 18.3 Å². The first-order chi connectivity index (χ1) is 9.45. The minimum Gasteiger partial charge on any atom is -0.380 e. The summed E-state index contributed by atoms with van der Waals surface area (Å²) in [5.41, 5.74) is 5.00. The number of benzene rings is 2. The van der Waals surface area contributed by atoms with Crippen molar-refractivity contribution in [2.24, 2.45) is 5.73 Å². The third kappa shape index (κ3) is 1.67. The summed E-state index contributed by atoms with van der Waals surface area (Å²) >= 11 is 0. The molecule has 2 nitrogen and oxygen atoms in total. The maximum atomic E-state index is 14.0. The van der Waals surface area contributed by atoms with Gasteiger partial charge >= 0.3 is 0 Å². The van der Waals surface area contributed by atoms with Gasteiger partial charge in [0.15, 0.2) is 17.5 Å². The Morgan fingerprint density at radius 1 is 1.00 bits per heavy atom. The van der Waals surface area contributed by atoms with E-state index in [0.29, 0.717) is 11.1 Å². The van der Waals surface area contributed by atoms with Crippen LogP contribution in [0.25, 0.3) is 0 Å². The average molecular weight is 279 g/mol. The van der Waals surface area contributed by atoms with Gasteiger partial charge in [-0.3, -0.25) is 0 Å². The molecule has 1 aliphatic carbocycles. The molecule has 0 aromatic heterocycles. The van der Waals surface area contributed by atoms with Crippen LogP contribution < -0.4 is 5.73 Å². The van der Waals surface area contributed by atoms with Crippen LogP contribution in [-0.2, 0) is 5.60 Å². The highest BCUT2D eigenvalue weighted by Gasteiger charge is 2.44. The van der Waals surface area contributed by atoms with Crippen molar-refractivity contribution in [3.8, 4) is 0 Å². The molecular weight excluding hydrogens is 267 g/mol. The number of halogens is 3. The lowest BCUT2D eigenvalue weighted by Gasteiger charge is -2.25. The van der Waals surface area contributed by atoms with Crippen LogP contribution in [-0.4, -0.2) is 5.11 Å². The topological polar surface area (TPSA) is 46.2 Å². The lowest BCUT2D eigenvalue weighted by molar-refractivity contribution is 0.0726. The molecule has 0 heterocycles. The molecule has 104 valence electrons. The second-order valence-electron chi connectivity index (χ2n) is 4.98. The Balaban J connectivity index is 2.23. The van der Waals surface area contributed by atoms with E-state index in [0.717, 1.165) is 12.1 Å². The molecule has 5 heteroatoms. The van der Waals surface area contributed by atoms with E-state index in [1.165, 1.54) is 0 Å². The summed E-state index contributed by atoms with van der Waals surface area (Å²) in [7, 11) is 0. The van der Waals surface area contributed by atoms with E-state index in [1.807, 2.05) is 0 Å². The van der Waals surface area contributed by atoms with Crippen LogP contribution in [0.15, 0.2) is 36.4 Å². The van der Waals surface area contributed by atoms with E-state index < -0.39 is 29.1 Å². The van der Waals surface area contributed by atoms with Crippen molar-refractivity contribution in [3.05, 3.63) is 70.5 Å². The molecule has 0 fully saturated rings. The molecule has 0 bridgehead atoms. The Morgan fingerprint density at radius 2 is 1.70 bits per heavy atom. The zero-order chi connectivity index (χ0) is 14.5. The maximum absolute atomic E-state index is 14.0. The highest BCUT2D eigenvalue weighted by Crippen LogP contribution is 2.47. The zero-order valence-electron chi connectivity index (χ0n) is 10.4. The average Bonchev–Trinajstić information content (AvgIpc) is 2.69. The van der Waals surface area contributed by atoms with Gasteiger partial charge in [-0.05, 0) is 23.3 Å². The molecule has 0 saturated carbocycles. The van der Waals surface area contributed by atoms with Crippen molar-refractivity contribution in [2.75, 3.05) is 0 Å². The van der Waals surface area contributed by atoms with Crippen LogP contribution in [0, 0.1) is 17.5 Å². The van der Waals surface area contributed by atoms with E-state index in [2.05, 4.69) is 0 Å². The molecule has 20 heavy (non-hydrogen) atoms. The van der Waals surface area contributed by atoms with Crippen LogP contribution in [0.1, 0.15) is 29.2 Å². The Labute approximate surface area is 113 Å². The van der Waals surface area contributed by atoms with Crippen molar-refractivity contribution in [3.63, 3.8) is 0 Å². The third-order valence-corrected chi connectivity index (χ3v) is 3.80. The minimum atomic E-state index is -1.74. The lowest BCUT2D eigenvalue weighted by atomic mass is 9.87. The predicted octanol–water partition coefficient (Wildman–Crippen LogP) is 2.74. The Morgan fingerprint density at radius 3 is 2.45 bits per heavy atom. The normalized spacial score (nSPS) is 24.8. The van der Waals surface area contributed by atoms with E-state index in [1.54, 1.807) is 24.3 Å². The molecule has 3 N–H and O–H groups in total. The van der Waals surface area contributed by atoms with Gasteiger partial charge in [0.05, 0.1) is 0 Å². The molecule has 0 spiro atoms. The van der Waals surface area contributed by atoms with Crippen LogP contribution >= 0.6 is 0 Å². The van der Waals surface area contributed by atoms with Gasteiger partial charge in [-0.1, -0.05) is 24.3 Å². The molecule has 0 aliphatic heterocycles. The van der Waals surface area contributed by atoms with Gasteiger partial charge in [-0.25, -0.2) is 13.2 Å². The third-order valence-electron chi connectivity index (χ3n) is 3.80. The summed E-state index contributed by atoms with van der Waals surface area (Å²) in [5.74, 6) is -4.25. The molecule has 3 rings (SSSR count). The Bertz CT molecular complexity index is 689. The molecule has 2 aromatic carbocycles. The van der Waals surface area contributed by atoms with Gasteiger partial charge in [0.2, 0.25) is 0 Å². The molecule has 2 aromatic rings. The van der Waals surface area contributed by atoms with Crippen molar-refractivity contribution in [1.29, 1.82) is 0 Å². The monoisotopic (exact) mass is 279 g/mol. The number of hydrogen-bond acceptors (Lipinski definition) is 2. The van der Waals surface area contributed by atoms with E-state index in [-0.39, 0.29) is 12.0 Å². The molecule has 2 atom stereocenters. The van der Waals surface area contributed by atoms with Gasteiger partial charge in [-0.15, -0.1) is 0 Å². The standard InChI is InChI=1S/C15H12F3NO/c16-11-6-5-10(13(17)14(11)18)15(20)7-12(19)8-3-1-2-4-9(8)15/h1-6,12,20H,7,19H2. The number of aliphatic hydroxyl groups is 1. The largest absolute Gasteiger partial charge is 0.380 e. The van der Waals surface area contributed by atoms with Crippen molar-refractivity contribution >= 4 is 0 Å². The SMILES string of the molecule is NC1CC(O)(c2ccc(F)c(F)c2F)c2ccccc21. The fourth-order valence-electron chi connectivity index (χ4n) is 2.84.